The van der Waals surface area contributed by atoms with Crippen LogP contribution in [0.4, 0.5) is 13.2 Å². The molecule has 2 nitrogen and oxygen atoms in total. The van der Waals surface area contributed by atoms with Gasteiger partial charge >= 0.3 is 6.18 Å². The van der Waals surface area contributed by atoms with Gasteiger partial charge in [0, 0.05) is 36.7 Å². The van der Waals surface area contributed by atoms with Gasteiger partial charge in [0.05, 0.1) is 5.56 Å². The van der Waals surface area contributed by atoms with Crippen LogP contribution >= 0.6 is 0 Å². The van der Waals surface area contributed by atoms with Gasteiger partial charge < -0.3 is 4.57 Å². The van der Waals surface area contributed by atoms with Gasteiger partial charge in [0.25, 0.3) is 0 Å². The van der Waals surface area contributed by atoms with Crippen LogP contribution in [0, 0.1) is 0 Å². The molecule has 0 radical (unpaired) electrons. The minimum Gasteiger partial charge on any atom is -0.343 e. The third-order valence-electron chi connectivity index (χ3n) is 7.13. The number of hydrogen-bond donors (Lipinski definition) is 0. The van der Waals surface area contributed by atoms with Crippen molar-refractivity contribution in [3.05, 3.63) is 107 Å². The predicted molar refractivity (Wildman–Crippen MR) is 136 cm³/mol. The summed E-state index contributed by atoms with van der Waals surface area (Å²) < 4.78 is 41.0. The molecule has 1 saturated heterocycles. The van der Waals surface area contributed by atoms with Crippen molar-refractivity contribution in [1.29, 1.82) is 0 Å². The van der Waals surface area contributed by atoms with Crippen LogP contribution in [0.2, 0.25) is 0 Å². The van der Waals surface area contributed by atoms with E-state index in [-0.39, 0.29) is 0 Å². The maximum Gasteiger partial charge on any atom is 0.416 e. The highest BCUT2D eigenvalue weighted by atomic mass is 19.4. The number of alkyl halides is 3. The van der Waals surface area contributed by atoms with Gasteiger partial charge in [-0.2, -0.15) is 13.2 Å². The highest BCUT2D eigenvalue weighted by Crippen LogP contribution is 2.35. The summed E-state index contributed by atoms with van der Waals surface area (Å²) in [5.41, 5.74) is 5.49. The van der Waals surface area contributed by atoms with Gasteiger partial charge in [0.15, 0.2) is 0 Å². The molecule has 0 aliphatic carbocycles. The van der Waals surface area contributed by atoms with E-state index in [1.807, 2.05) is 6.07 Å². The first-order valence-corrected chi connectivity index (χ1v) is 12.4. The third-order valence-corrected chi connectivity index (χ3v) is 7.13. The van der Waals surface area contributed by atoms with Crippen LogP contribution in [0.3, 0.4) is 0 Å². The SMILES string of the molecule is CCCc1ccc(CN2CCC(c3cn(Cc4ccc(C(F)(F)F)cc4)c4ccccc34)C2)cc1. The van der Waals surface area contributed by atoms with Gasteiger partial charge in [-0.15, -0.1) is 0 Å². The van der Waals surface area contributed by atoms with E-state index >= 15 is 0 Å². The number of rotatable bonds is 7. The number of aryl methyl sites for hydroxylation is 1. The number of fused-ring (bicyclic) bond motifs is 1. The van der Waals surface area contributed by atoms with Gasteiger partial charge in [0.1, 0.15) is 0 Å². The Hall–Kier alpha value is -3.05. The molecule has 1 aliphatic heterocycles. The lowest BCUT2D eigenvalue weighted by Crippen LogP contribution is -2.19. The molecule has 1 fully saturated rings. The van der Waals surface area contributed by atoms with E-state index in [0.29, 0.717) is 12.5 Å². The number of likely N-dealkylation sites (tertiary alicyclic amines) is 1. The Morgan fingerprint density at radius 2 is 1.49 bits per heavy atom. The van der Waals surface area contributed by atoms with Crippen molar-refractivity contribution in [2.45, 2.75) is 51.4 Å². The molecule has 3 aromatic carbocycles. The summed E-state index contributed by atoms with van der Waals surface area (Å²) >= 11 is 0. The Balaban J connectivity index is 1.32. The predicted octanol–water partition coefficient (Wildman–Crippen LogP) is 7.65. The normalized spacial score (nSPS) is 16.9. The Labute approximate surface area is 205 Å². The number of aromatic nitrogens is 1. The smallest absolute Gasteiger partial charge is 0.343 e. The molecule has 0 spiro atoms. The highest BCUT2D eigenvalue weighted by molar-refractivity contribution is 5.84. The van der Waals surface area contributed by atoms with Crippen molar-refractivity contribution in [2.24, 2.45) is 0 Å². The Bertz CT molecular complexity index is 1270. The number of nitrogens with zero attached hydrogens (tertiary/aromatic N) is 2. The standard InChI is InChI=1S/C30H31F3N2/c1-2-5-22-8-10-23(11-9-22)18-34-17-16-25(20-34)28-21-35(29-7-4-3-6-27(28)29)19-24-12-14-26(15-13-24)30(31,32)33/h3-4,6-15,21,25H,2,5,16-20H2,1H3. The number of para-hydroxylation sites is 1. The minimum absolute atomic E-state index is 0.452. The Kier molecular flexibility index (Phi) is 6.70. The molecule has 1 atom stereocenters. The van der Waals surface area contributed by atoms with Crippen molar-refractivity contribution in [3.8, 4) is 0 Å². The molecule has 35 heavy (non-hydrogen) atoms. The fourth-order valence-electron chi connectivity index (χ4n) is 5.32. The lowest BCUT2D eigenvalue weighted by atomic mass is 9.98. The van der Waals surface area contributed by atoms with Crippen molar-refractivity contribution >= 4 is 10.9 Å². The summed E-state index contributed by atoms with van der Waals surface area (Å²) in [6.07, 6.45) is 1.32. The second-order valence-electron chi connectivity index (χ2n) is 9.71. The number of benzene rings is 3. The zero-order chi connectivity index (χ0) is 24.4. The third kappa shape index (κ3) is 5.30. The molecule has 5 heteroatoms. The first kappa shape index (κ1) is 23.7. The summed E-state index contributed by atoms with van der Waals surface area (Å²) in [7, 11) is 0. The van der Waals surface area contributed by atoms with Gasteiger partial charge in [0.2, 0.25) is 0 Å². The zero-order valence-corrected chi connectivity index (χ0v) is 20.1. The van der Waals surface area contributed by atoms with E-state index in [2.05, 4.69) is 65.1 Å². The van der Waals surface area contributed by atoms with Crippen LogP contribution in [0.15, 0.2) is 79.0 Å². The lowest BCUT2D eigenvalue weighted by molar-refractivity contribution is -0.137. The maximum atomic E-state index is 12.9. The Morgan fingerprint density at radius 3 is 2.20 bits per heavy atom. The number of halogens is 3. The monoisotopic (exact) mass is 476 g/mol. The topological polar surface area (TPSA) is 8.17 Å². The van der Waals surface area contributed by atoms with E-state index in [0.717, 1.165) is 43.6 Å². The van der Waals surface area contributed by atoms with Crippen molar-refractivity contribution in [3.63, 3.8) is 0 Å². The van der Waals surface area contributed by atoms with Crippen LogP contribution in [0.1, 0.15) is 53.5 Å². The van der Waals surface area contributed by atoms with E-state index in [9.17, 15) is 13.2 Å². The first-order chi connectivity index (χ1) is 16.9. The molecule has 2 heterocycles. The van der Waals surface area contributed by atoms with E-state index in [4.69, 9.17) is 0 Å². The highest BCUT2D eigenvalue weighted by Gasteiger charge is 2.30. The summed E-state index contributed by atoms with van der Waals surface area (Å²) in [5.74, 6) is 0.452. The molecule has 5 rings (SSSR count). The van der Waals surface area contributed by atoms with Crippen LogP contribution in [0.5, 0.6) is 0 Å². The molecule has 4 aromatic rings. The van der Waals surface area contributed by atoms with Gasteiger partial charge in [-0.3, -0.25) is 4.90 Å². The average molecular weight is 477 g/mol. The quantitative estimate of drug-likeness (QED) is 0.266. The molecule has 1 aliphatic rings. The van der Waals surface area contributed by atoms with Gasteiger partial charge in [-0.05, 0) is 65.8 Å². The van der Waals surface area contributed by atoms with Crippen LogP contribution < -0.4 is 0 Å². The zero-order valence-electron chi connectivity index (χ0n) is 20.1. The van der Waals surface area contributed by atoms with Crippen LogP contribution in [0.25, 0.3) is 10.9 Å². The largest absolute Gasteiger partial charge is 0.416 e. The molecular weight excluding hydrogens is 445 g/mol. The molecule has 182 valence electrons. The first-order valence-electron chi connectivity index (χ1n) is 12.4. The molecule has 0 N–H and O–H groups in total. The minimum atomic E-state index is -4.31. The summed E-state index contributed by atoms with van der Waals surface area (Å²) in [6.45, 7) is 5.82. The lowest BCUT2D eigenvalue weighted by Gasteiger charge is -2.16. The second kappa shape index (κ2) is 9.90. The number of hydrogen-bond acceptors (Lipinski definition) is 1. The fraction of sp³-hybridized carbons (Fsp3) is 0.333. The van der Waals surface area contributed by atoms with Gasteiger partial charge in [-0.25, -0.2) is 0 Å². The molecule has 1 aromatic heterocycles. The molecular formula is C30H31F3N2. The molecule has 0 bridgehead atoms. The molecule has 0 saturated carbocycles. The summed E-state index contributed by atoms with van der Waals surface area (Å²) in [6, 6.07) is 22.9. The maximum absolute atomic E-state index is 12.9. The van der Waals surface area contributed by atoms with Crippen LogP contribution in [-0.2, 0) is 25.7 Å². The van der Waals surface area contributed by atoms with Gasteiger partial charge in [-0.1, -0.05) is 67.9 Å². The molecule has 0 amide bonds. The second-order valence-corrected chi connectivity index (χ2v) is 9.71. The van der Waals surface area contributed by atoms with Crippen LogP contribution in [-0.4, -0.2) is 22.6 Å². The molecule has 1 unspecified atom stereocenters. The van der Waals surface area contributed by atoms with E-state index < -0.39 is 11.7 Å². The van der Waals surface area contributed by atoms with Crippen molar-refractivity contribution < 1.29 is 13.2 Å². The van der Waals surface area contributed by atoms with Crippen molar-refractivity contribution in [2.75, 3.05) is 13.1 Å². The van der Waals surface area contributed by atoms with Crippen molar-refractivity contribution in [1.82, 2.24) is 9.47 Å². The van der Waals surface area contributed by atoms with E-state index in [1.54, 1.807) is 12.1 Å². The Morgan fingerprint density at radius 1 is 0.829 bits per heavy atom. The average Bonchev–Trinajstić information content (AvgIpc) is 3.45. The summed E-state index contributed by atoms with van der Waals surface area (Å²) in [5, 5.41) is 1.25. The van der Waals surface area contributed by atoms with E-state index in [1.165, 1.54) is 40.6 Å². The fourth-order valence-corrected chi connectivity index (χ4v) is 5.32. The summed E-state index contributed by atoms with van der Waals surface area (Å²) in [4.78, 5) is 2.53.